The summed E-state index contributed by atoms with van der Waals surface area (Å²) in [5.74, 6) is 0. The largest absolute Gasteiger partial charge is 0.388 e. The molecule has 1 N–H and O–H groups in total. The molecule has 2 aromatic carbocycles. The molecule has 0 aromatic heterocycles. The fourth-order valence-corrected chi connectivity index (χ4v) is 2.16. The summed E-state index contributed by atoms with van der Waals surface area (Å²) < 4.78 is 0. The zero-order valence-corrected chi connectivity index (χ0v) is 11.3. The molecule has 2 aromatic rings. The molecule has 19 heavy (non-hydrogen) atoms. The van der Waals surface area contributed by atoms with Crippen LogP contribution >= 0.6 is 0 Å². The lowest BCUT2D eigenvalue weighted by Gasteiger charge is -2.15. The molecule has 0 amide bonds. The average Bonchev–Trinajstić information content (AvgIpc) is 2.47. The van der Waals surface area contributed by atoms with Crippen molar-refractivity contribution in [3.8, 4) is 0 Å². The Kier molecular flexibility index (Phi) is 4.93. The van der Waals surface area contributed by atoms with Crippen LogP contribution in [-0.4, -0.2) is 11.2 Å². The fourth-order valence-electron chi connectivity index (χ4n) is 2.16. The number of aliphatic hydroxyl groups is 1. The molecule has 0 radical (unpaired) electrons. The Morgan fingerprint density at radius 2 is 1.58 bits per heavy atom. The Balaban J connectivity index is 2.37. The Morgan fingerprint density at radius 1 is 1.00 bits per heavy atom. The van der Waals surface area contributed by atoms with Gasteiger partial charge in [-0.2, -0.15) is 0 Å². The van der Waals surface area contributed by atoms with Crippen LogP contribution in [0.2, 0.25) is 0 Å². The van der Waals surface area contributed by atoms with Crippen LogP contribution in [0.3, 0.4) is 0 Å². The van der Waals surface area contributed by atoms with Crippen molar-refractivity contribution in [2.24, 2.45) is 0 Å². The minimum Gasteiger partial charge on any atom is -0.388 e. The SMILES string of the molecule is CCCC(O)/C(=C\c1ccccc1)c1ccccc1. The maximum absolute atomic E-state index is 10.4. The van der Waals surface area contributed by atoms with Gasteiger partial charge in [-0.3, -0.25) is 0 Å². The van der Waals surface area contributed by atoms with Gasteiger partial charge in [0.05, 0.1) is 6.10 Å². The van der Waals surface area contributed by atoms with E-state index < -0.39 is 6.10 Å². The second-order valence-electron chi connectivity index (χ2n) is 4.68. The van der Waals surface area contributed by atoms with E-state index in [9.17, 15) is 5.11 Å². The van der Waals surface area contributed by atoms with E-state index in [1.165, 1.54) is 0 Å². The molecule has 0 saturated heterocycles. The first-order chi connectivity index (χ1) is 9.31. The summed E-state index contributed by atoms with van der Waals surface area (Å²) in [5, 5.41) is 10.4. The first-order valence-electron chi connectivity index (χ1n) is 6.81. The third kappa shape index (κ3) is 3.80. The zero-order chi connectivity index (χ0) is 13.5. The lowest BCUT2D eigenvalue weighted by atomic mass is 9.95. The lowest BCUT2D eigenvalue weighted by Crippen LogP contribution is -2.08. The summed E-state index contributed by atoms with van der Waals surface area (Å²) in [5.41, 5.74) is 3.21. The van der Waals surface area contributed by atoms with E-state index >= 15 is 0 Å². The van der Waals surface area contributed by atoms with Crippen LogP contribution < -0.4 is 0 Å². The monoisotopic (exact) mass is 252 g/mol. The highest BCUT2D eigenvalue weighted by atomic mass is 16.3. The average molecular weight is 252 g/mol. The van der Waals surface area contributed by atoms with Gasteiger partial charge in [0.25, 0.3) is 0 Å². The first-order valence-corrected chi connectivity index (χ1v) is 6.81. The van der Waals surface area contributed by atoms with Gasteiger partial charge in [0.15, 0.2) is 0 Å². The van der Waals surface area contributed by atoms with Crippen LogP contribution in [0.25, 0.3) is 11.6 Å². The number of aliphatic hydroxyl groups excluding tert-OH is 1. The Bertz CT molecular complexity index is 514. The molecule has 0 heterocycles. The number of rotatable bonds is 5. The highest BCUT2D eigenvalue weighted by Gasteiger charge is 2.11. The Labute approximate surface area is 115 Å². The number of hydrogen-bond acceptors (Lipinski definition) is 1. The molecule has 0 fully saturated rings. The molecule has 1 atom stereocenters. The van der Waals surface area contributed by atoms with Gasteiger partial charge in [0.1, 0.15) is 0 Å². The molecular weight excluding hydrogens is 232 g/mol. The second-order valence-corrected chi connectivity index (χ2v) is 4.68. The van der Waals surface area contributed by atoms with Crippen LogP contribution in [0.5, 0.6) is 0 Å². The van der Waals surface area contributed by atoms with E-state index in [4.69, 9.17) is 0 Å². The van der Waals surface area contributed by atoms with Gasteiger partial charge >= 0.3 is 0 Å². The molecular formula is C18H20O. The molecule has 98 valence electrons. The lowest BCUT2D eigenvalue weighted by molar-refractivity contribution is 0.221. The van der Waals surface area contributed by atoms with Crippen molar-refractivity contribution in [3.05, 3.63) is 71.8 Å². The summed E-state index contributed by atoms with van der Waals surface area (Å²) in [7, 11) is 0. The van der Waals surface area contributed by atoms with Crippen molar-refractivity contribution in [1.82, 2.24) is 0 Å². The van der Waals surface area contributed by atoms with Crippen LogP contribution in [0.4, 0.5) is 0 Å². The van der Waals surface area contributed by atoms with Crippen molar-refractivity contribution in [2.45, 2.75) is 25.9 Å². The van der Waals surface area contributed by atoms with E-state index in [-0.39, 0.29) is 0 Å². The van der Waals surface area contributed by atoms with E-state index in [0.717, 1.165) is 29.5 Å². The first kappa shape index (κ1) is 13.6. The second kappa shape index (κ2) is 6.91. The van der Waals surface area contributed by atoms with Crippen molar-refractivity contribution in [1.29, 1.82) is 0 Å². The van der Waals surface area contributed by atoms with Gasteiger partial charge in [0.2, 0.25) is 0 Å². The van der Waals surface area contributed by atoms with Crippen molar-refractivity contribution < 1.29 is 5.11 Å². The predicted molar refractivity (Wildman–Crippen MR) is 81.7 cm³/mol. The fraction of sp³-hybridized carbons (Fsp3) is 0.222. The summed E-state index contributed by atoms with van der Waals surface area (Å²) in [6, 6.07) is 20.3. The summed E-state index contributed by atoms with van der Waals surface area (Å²) in [4.78, 5) is 0. The molecule has 1 heteroatoms. The molecule has 1 unspecified atom stereocenters. The van der Waals surface area contributed by atoms with E-state index in [1.54, 1.807) is 0 Å². The highest BCUT2D eigenvalue weighted by molar-refractivity contribution is 5.83. The highest BCUT2D eigenvalue weighted by Crippen LogP contribution is 2.24. The third-order valence-electron chi connectivity index (χ3n) is 3.15. The van der Waals surface area contributed by atoms with Gasteiger partial charge in [-0.05, 0) is 29.2 Å². The maximum atomic E-state index is 10.4. The maximum Gasteiger partial charge on any atom is 0.0795 e. The molecule has 0 bridgehead atoms. The Hall–Kier alpha value is -1.86. The summed E-state index contributed by atoms with van der Waals surface area (Å²) in [6.45, 7) is 2.09. The van der Waals surface area contributed by atoms with E-state index in [0.29, 0.717) is 0 Å². The molecule has 0 spiro atoms. The zero-order valence-electron chi connectivity index (χ0n) is 11.3. The molecule has 0 aliphatic heterocycles. The van der Waals surface area contributed by atoms with Crippen LogP contribution in [0, 0.1) is 0 Å². The summed E-state index contributed by atoms with van der Waals surface area (Å²) >= 11 is 0. The number of benzene rings is 2. The van der Waals surface area contributed by atoms with E-state index in [2.05, 4.69) is 25.1 Å². The molecule has 1 nitrogen and oxygen atoms in total. The minimum atomic E-state index is -0.410. The van der Waals surface area contributed by atoms with Crippen LogP contribution in [0.1, 0.15) is 30.9 Å². The Morgan fingerprint density at radius 3 is 2.16 bits per heavy atom. The molecule has 0 aliphatic rings. The minimum absolute atomic E-state index is 0.410. The van der Waals surface area contributed by atoms with Crippen LogP contribution in [-0.2, 0) is 0 Å². The van der Waals surface area contributed by atoms with Crippen molar-refractivity contribution in [3.63, 3.8) is 0 Å². The smallest absolute Gasteiger partial charge is 0.0795 e. The van der Waals surface area contributed by atoms with Crippen LogP contribution in [0.15, 0.2) is 60.7 Å². The summed E-state index contributed by atoms with van der Waals surface area (Å²) in [6.07, 6.45) is 3.43. The normalized spacial score (nSPS) is 13.3. The van der Waals surface area contributed by atoms with Gasteiger partial charge < -0.3 is 5.11 Å². The third-order valence-corrected chi connectivity index (χ3v) is 3.15. The quantitative estimate of drug-likeness (QED) is 0.782. The topological polar surface area (TPSA) is 20.2 Å². The van der Waals surface area contributed by atoms with Crippen molar-refractivity contribution >= 4 is 11.6 Å². The van der Waals surface area contributed by atoms with Gasteiger partial charge in [-0.25, -0.2) is 0 Å². The molecule has 2 rings (SSSR count). The predicted octanol–water partition coefficient (Wildman–Crippen LogP) is 4.39. The van der Waals surface area contributed by atoms with Gasteiger partial charge in [-0.15, -0.1) is 0 Å². The standard InChI is InChI=1S/C18H20O/c1-2-9-18(19)17(16-12-7-4-8-13-16)14-15-10-5-3-6-11-15/h3-8,10-14,18-19H,2,9H2,1H3/b17-14-. The van der Waals surface area contributed by atoms with Gasteiger partial charge in [-0.1, -0.05) is 74.0 Å². The van der Waals surface area contributed by atoms with Crippen molar-refractivity contribution in [2.75, 3.05) is 0 Å². The van der Waals surface area contributed by atoms with E-state index in [1.807, 2.05) is 48.5 Å². The molecule has 0 saturated carbocycles. The van der Waals surface area contributed by atoms with Gasteiger partial charge in [0, 0.05) is 0 Å². The number of hydrogen-bond donors (Lipinski definition) is 1. The molecule has 0 aliphatic carbocycles.